The molecule has 2 heterocycles. The van der Waals surface area contributed by atoms with Gasteiger partial charge in [-0.25, -0.2) is 0 Å². The number of hydrogen-bond donors (Lipinski definition) is 0. The van der Waals surface area contributed by atoms with Crippen molar-refractivity contribution in [2.24, 2.45) is 5.41 Å². The standard InChI is InChI=1S/C20H29NO4/c1-2-23-15-18-14-20(16-25-18)9-11-21(12-10-20)19(22)8-13-24-17-6-4-3-5-7-17/h3-7,18H,2,8-16H2,1H3/t18-/m1/s1. The predicted octanol–water partition coefficient (Wildman–Crippen LogP) is 2.89. The normalized spacial score (nSPS) is 22.3. The Morgan fingerprint density at radius 1 is 1.28 bits per heavy atom. The summed E-state index contributed by atoms with van der Waals surface area (Å²) in [5.41, 5.74) is 0.249. The summed E-state index contributed by atoms with van der Waals surface area (Å²) in [7, 11) is 0. The maximum absolute atomic E-state index is 12.4. The van der Waals surface area contributed by atoms with E-state index in [0.29, 0.717) is 19.6 Å². The monoisotopic (exact) mass is 347 g/mol. The Labute approximate surface area is 150 Å². The second kappa shape index (κ2) is 8.68. The molecule has 2 fully saturated rings. The SMILES string of the molecule is CCOC[C@H]1CC2(CCN(C(=O)CCOc3ccccc3)CC2)CO1. The smallest absolute Gasteiger partial charge is 0.225 e. The van der Waals surface area contributed by atoms with E-state index in [1.807, 2.05) is 42.2 Å². The lowest BCUT2D eigenvalue weighted by atomic mass is 9.76. The minimum absolute atomic E-state index is 0.190. The van der Waals surface area contributed by atoms with E-state index >= 15 is 0 Å². The summed E-state index contributed by atoms with van der Waals surface area (Å²) in [5, 5.41) is 0. The molecule has 2 aliphatic heterocycles. The summed E-state index contributed by atoms with van der Waals surface area (Å²) in [5.74, 6) is 1.01. The summed E-state index contributed by atoms with van der Waals surface area (Å²) >= 11 is 0. The van der Waals surface area contributed by atoms with Gasteiger partial charge in [-0.05, 0) is 43.7 Å². The molecule has 1 aromatic rings. The van der Waals surface area contributed by atoms with Gasteiger partial charge in [0, 0.05) is 19.7 Å². The van der Waals surface area contributed by atoms with Crippen molar-refractivity contribution < 1.29 is 19.0 Å². The van der Waals surface area contributed by atoms with Gasteiger partial charge < -0.3 is 19.1 Å². The first-order chi connectivity index (χ1) is 12.2. The summed E-state index contributed by atoms with van der Waals surface area (Å²) in [6.07, 6.45) is 3.78. The van der Waals surface area contributed by atoms with Gasteiger partial charge in [0.05, 0.1) is 32.3 Å². The predicted molar refractivity (Wildman–Crippen MR) is 95.7 cm³/mol. The molecule has 5 nitrogen and oxygen atoms in total. The molecule has 2 saturated heterocycles. The minimum atomic E-state index is 0.190. The van der Waals surface area contributed by atoms with E-state index in [1.165, 1.54) is 0 Å². The van der Waals surface area contributed by atoms with Crippen molar-refractivity contribution in [2.45, 2.75) is 38.7 Å². The van der Waals surface area contributed by atoms with E-state index in [-0.39, 0.29) is 17.4 Å². The molecular weight excluding hydrogens is 318 g/mol. The maximum atomic E-state index is 12.4. The highest BCUT2D eigenvalue weighted by Gasteiger charge is 2.42. The Bertz CT molecular complexity index is 540. The van der Waals surface area contributed by atoms with Gasteiger partial charge in [-0.15, -0.1) is 0 Å². The molecule has 1 aromatic carbocycles. The number of amides is 1. The number of benzene rings is 1. The number of nitrogens with zero attached hydrogens (tertiary/aromatic N) is 1. The van der Waals surface area contributed by atoms with Gasteiger partial charge in [0.1, 0.15) is 5.75 Å². The summed E-state index contributed by atoms with van der Waals surface area (Å²) in [6, 6.07) is 9.64. The van der Waals surface area contributed by atoms with Crippen LogP contribution < -0.4 is 4.74 Å². The zero-order chi connectivity index (χ0) is 17.5. The fourth-order valence-electron chi connectivity index (χ4n) is 3.76. The number of carbonyl (C=O) groups is 1. The molecular formula is C20H29NO4. The van der Waals surface area contributed by atoms with E-state index in [9.17, 15) is 4.79 Å². The van der Waals surface area contributed by atoms with E-state index < -0.39 is 0 Å². The quantitative estimate of drug-likeness (QED) is 0.761. The van der Waals surface area contributed by atoms with Crippen molar-refractivity contribution in [3.05, 3.63) is 30.3 Å². The third-order valence-corrected chi connectivity index (χ3v) is 5.30. The topological polar surface area (TPSA) is 48.0 Å². The third kappa shape index (κ3) is 4.95. The van der Waals surface area contributed by atoms with Crippen LogP contribution in [0.15, 0.2) is 30.3 Å². The lowest BCUT2D eigenvalue weighted by molar-refractivity contribution is -0.134. The van der Waals surface area contributed by atoms with E-state index in [2.05, 4.69) is 0 Å². The van der Waals surface area contributed by atoms with Crippen LogP contribution in [0, 0.1) is 5.41 Å². The maximum Gasteiger partial charge on any atom is 0.225 e. The number of likely N-dealkylation sites (tertiary alicyclic amines) is 1. The van der Waals surface area contributed by atoms with Crippen molar-refractivity contribution in [1.82, 2.24) is 4.90 Å². The zero-order valence-corrected chi connectivity index (χ0v) is 15.1. The molecule has 0 N–H and O–H groups in total. The zero-order valence-electron chi connectivity index (χ0n) is 15.1. The van der Waals surface area contributed by atoms with Gasteiger partial charge in [0.25, 0.3) is 0 Å². The number of carbonyl (C=O) groups excluding carboxylic acids is 1. The van der Waals surface area contributed by atoms with Gasteiger partial charge in [0.2, 0.25) is 5.91 Å². The van der Waals surface area contributed by atoms with Crippen molar-refractivity contribution in [3.63, 3.8) is 0 Å². The van der Waals surface area contributed by atoms with Crippen molar-refractivity contribution in [1.29, 1.82) is 0 Å². The second-order valence-corrected chi connectivity index (χ2v) is 7.09. The first-order valence-corrected chi connectivity index (χ1v) is 9.36. The van der Waals surface area contributed by atoms with Gasteiger partial charge in [0.15, 0.2) is 0 Å². The molecule has 0 aromatic heterocycles. The van der Waals surface area contributed by atoms with Crippen LogP contribution in [0.4, 0.5) is 0 Å². The Hall–Kier alpha value is -1.59. The Morgan fingerprint density at radius 2 is 2.04 bits per heavy atom. The average molecular weight is 347 g/mol. The molecule has 25 heavy (non-hydrogen) atoms. The molecule has 0 bridgehead atoms. The lowest BCUT2D eigenvalue weighted by Gasteiger charge is -2.38. The average Bonchev–Trinajstić information content (AvgIpc) is 3.04. The molecule has 1 spiro atoms. The molecule has 0 aliphatic carbocycles. The largest absolute Gasteiger partial charge is 0.493 e. The molecule has 138 valence electrons. The Morgan fingerprint density at radius 3 is 2.76 bits per heavy atom. The van der Waals surface area contributed by atoms with Crippen LogP contribution in [-0.4, -0.2) is 56.4 Å². The second-order valence-electron chi connectivity index (χ2n) is 7.09. The molecule has 1 atom stereocenters. The number of ether oxygens (including phenoxy) is 3. The highest BCUT2D eigenvalue weighted by Crippen LogP contribution is 2.42. The Balaban J connectivity index is 1.38. The molecule has 0 radical (unpaired) electrons. The van der Waals surface area contributed by atoms with Gasteiger partial charge in [-0.2, -0.15) is 0 Å². The van der Waals surface area contributed by atoms with Crippen molar-refractivity contribution >= 4 is 5.91 Å². The van der Waals surface area contributed by atoms with Crippen molar-refractivity contribution in [2.75, 3.05) is 39.5 Å². The van der Waals surface area contributed by atoms with E-state index in [1.54, 1.807) is 0 Å². The van der Waals surface area contributed by atoms with Crippen LogP contribution in [0.2, 0.25) is 0 Å². The fraction of sp³-hybridized carbons (Fsp3) is 0.650. The highest BCUT2D eigenvalue weighted by molar-refractivity contribution is 5.76. The highest BCUT2D eigenvalue weighted by atomic mass is 16.5. The number of para-hydroxylation sites is 1. The summed E-state index contributed by atoms with van der Waals surface area (Å²) in [6.45, 7) is 6.34. The van der Waals surface area contributed by atoms with Crippen LogP contribution in [0.25, 0.3) is 0 Å². The molecule has 1 amide bonds. The fourth-order valence-corrected chi connectivity index (χ4v) is 3.76. The van der Waals surface area contributed by atoms with Crippen LogP contribution in [0.1, 0.15) is 32.6 Å². The number of piperidine rings is 1. The van der Waals surface area contributed by atoms with Gasteiger partial charge in [-0.3, -0.25) is 4.79 Å². The van der Waals surface area contributed by atoms with Crippen LogP contribution in [0.5, 0.6) is 5.75 Å². The van der Waals surface area contributed by atoms with Crippen LogP contribution >= 0.6 is 0 Å². The lowest BCUT2D eigenvalue weighted by Crippen LogP contribution is -2.44. The molecule has 0 unspecified atom stereocenters. The molecule has 5 heteroatoms. The Kier molecular flexibility index (Phi) is 6.32. The molecule has 3 rings (SSSR count). The number of hydrogen-bond acceptors (Lipinski definition) is 4. The first kappa shape index (κ1) is 18.2. The van der Waals surface area contributed by atoms with Crippen molar-refractivity contribution in [3.8, 4) is 5.75 Å². The van der Waals surface area contributed by atoms with Gasteiger partial charge in [-0.1, -0.05) is 18.2 Å². The molecule has 2 aliphatic rings. The van der Waals surface area contributed by atoms with E-state index in [4.69, 9.17) is 14.2 Å². The first-order valence-electron chi connectivity index (χ1n) is 9.36. The third-order valence-electron chi connectivity index (χ3n) is 5.30. The van der Waals surface area contributed by atoms with Gasteiger partial charge >= 0.3 is 0 Å². The summed E-state index contributed by atoms with van der Waals surface area (Å²) < 4.78 is 17.0. The van der Waals surface area contributed by atoms with Crippen LogP contribution in [0.3, 0.4) is 0 Å². The van der Waals surface area contributed by atoms with Crippen LogP contribution in [-0.2, 0) is 14.3 Å². The number of rotatable bonds is 7. The minimum Gasteiger partial charge on any atom is -0.493 e. The summed E-state index contributed by atoms with van der Waals surface area (Å²) in [4.78, 5) is 14.4. The van der Waals surface area contributed by atoms with E-state index in [0.717, 1.165) is 51.3 Å². The molecule has 0 saturated carbocycles.